The number of rotatable bonds is 0. The van der Waals surface area contributed by atoms with E-state index in [2.05, 4.69) is 11.1 Å². The van der Waals surface area contributed by atoms with Crippen LogP contribution in [-0.2, 0) is 17.6 Å². The van der Waals surface area contributed by atoms with Gasteiger partial charge < -0.3 is 9.47 Å². The summed E-state index contributed by atoms with van der Waals surface area (Å²) in [4.78, 5) is 33.4. The minimum Gasteiger partial charge on any atom is -0.489 e. The molecule has 2 aromatic heterocycles. The minimum absolute atomic E-state index is 0.232. The Kier molecular flexibility index (Phi) is 4.45. The number of aryl methyl sites for hydroxylation is 3. The monoisotopic (exact) mass is 400 g/mol. The zero-order chi connectivity index (χ0) is 20.2. The number of pyridine rings is 1. The van der Waals surface area contributed by atoms with Gasteiger partial charge in [-0.2, -0.15) is 0 Å². The highest BCUT2D eigenvalue weighted by Gasteiger charge is 2.40. The molecule has 4 rings (SSSR count). The number of carbonyl (C=O) groups excluding carboxylic acids is 2. The maximum Gasteiger partial charge on any atom is 0.417 e. The summed E-state index contributed by atoms with van der Waals surface area (Å²) in [6, 6.07) is 3.61. The third kappa shape index (κ3) is 3.17. The van der Waals surface area contributed by atoms with Gasteiger partial charge in [0.15, 0.2) is 5.75 Å². The standard InChI is InChI=1S/C21H24N2O4S/c1-11-6-7-13-14(22-11)8-9-15-16(13)17-18(28-15)19(24)23(12(2)10-26-17)20(25)27-21(3,4)5/h6-7,12H,8-10H2,1-5H3/t12-/m1/s1. The smallest absolute Gasteiger partial charge is 0.417 e. The molecule has 0 unspecified atom stereocenters. The Morgan fingerprint density at radius 2 is 2.07 bits per heavy atom. The Morgan fingerprint density at radius 1 is 1.32 bits per heavy atom. The fourth-order valence-electron chi connectivity index (χ4n) is 3.61. The van der Waals surface area contributed by atoms with Crippen LogP contribution >= 0.6 is 11.3 Å². The number of amides is 2. The summed E-state index contributed by atoms with van der Waals surface area (Å²) in [5.74, 6) is 0.227. The van der Waals surface area contributed by atoms with Gasteiger partial charge in [-0.05, 0) is 53.5 Å². The summed E-state index contributed by atoms with van der Waals surface area (Å²) in [7, 11) is 0. The van der Waals surface area contributed by atoms with Gasteiger partial charge in [-0.3, -0.25) is 9.78 Å². The zero-order valence-corrected chi connectivity index (χ0v) is 17.6. The van der Waals surface area contributed by atoms with Crippen molar-refractivity contribution in [3.8, 4) is 16.9 Å². The number of imide groups is 1. The van der Waals surface area contributed by atoms with Gasteiger partial charge in [0.05, 0.1) is 6.04 Å². The summed E-state index contributed by atoms with van der Waals surface area (Å²) in [5.41, 5.74) is 3.32. The van der Waals surface area contributed by atoms with E-state index in [0.717, 1.165) is 40.2 Å². The second-order valence-electron chi connectivity index (χ2n) is 8.32. The summed E-state index contributed by atoms with van der Waals surface area (Å²) in [6.07, 6.45) is 1.02. The van der Waals surface area contributed by atoms with Crippen LogP contribution in [0.3, 0.4) is 0 Å². The highest BCUT2D eigenvalue weighted by molar-refractivity contribution is 7.15. The molecule has 0 fully saturated rings. The van der Waals surface area contributed by atoms with Gasteiger partial charge in [0.25, 0.3) is 5.91 Å². The van der Waals surface area contributed by atoms with Crippen molar-refractivity contribution in [2.45, 2.75) is 59.1 Å². The molecule has 0 spiro atoms. The Morgan fingerprint density at radius 3 is 2.79 bits per heavy atom. The molecule has 0 radical (unpaired) electrons. The third-order valence-electron chi connectivity index (χ3n) is 4.82. The molecular weight excluding hydrogens is 376 g/mol. The van der Waals surface area contributed by atoms with Crippen LogP contribution in [0.2, 0.25) is 0 Å². The quantitative estimate of drug-likeness (QED) is 0.657. The van der Waals surface area contributed by atoms with E-state index in [1.165, 1.54) is 16.2 Å². The van der Waals surface area contributed by atoms with E-state index >= 15 is 0 Å². The fraction of sp³-hybridized carbons (Fsp3) is 0.476. The van der Waals surface area contributed by atoms with Crippen molar-refractivity contribution >= 4 is 23.3 Å². The number of hydrogen-bond donors (Lipinski definition) is 0. The van der Waals surface area contributed by atoms with Crippen molar-refractivity contribution in [1.29, 1.82) is 0 Å². The molecule has 28 heavy (non-hydrogen) atoms. The summed E-state index contributed by atoms with van der Waals surface area (Å²) in [6.45, 7) is 9.37. The van der Waals surface area contributed by atoms with Crippen LogP contribution in [0.25, 0.3) is 11.1 Å². The lowest BCUT2D eigenvalue weighted by molar-refractivity contribution is 0.0159. The molecule has 7 heteroatoms. The first kappa shape index (κ1) is 18.9. The number of thiophene rings is 1. The maximum absolute atomic E-state index is 13.3. The van der Waals surface area contributed by atoms with E-state index < -0.39 is 17.7 Å². The summed E-state index contributed by atoms with van der Waals surface area (Å²) in [5, 5.41) is 0. The average Bonchev–Trinajstić information content (AvgIpc) is 2.91. The molecule has 1 atom stereocenters. The normalized spacial score (nSPS) is 18.5. The molecule has 0 saturated carbocycles. The first-order valence-corrected chi connectivity index (χ1v) is 10.3. The van der Waals surface area contributed by atoms with E-state index in [9.17, 15) is 9.59 Å². The number of aromatic nitrogens is 1. The number of nitrogens with zero attached hydrogens (tertiary/aromatic N) is 2. The lowest BCUT2D eigenvalue weighted by atomic mass is 9.93. The molecule has 6 nitrogen and oxygen atoms in total. The number of carbonyl (C=O) groups is 2. The van der Waals surface area contributed by atoms with E-state index in [1.54, 1.807) is 27.7 Å². The van der Waals surface area contributed by atoms with Gasteiger partial charge in [-0.15, -0.1) is 11.3 Å². The molecule has 0 N–H and O–H groups in total. The second-order valence-corrected chi connectivity index (χ2v) is 9.43. The highest BCUT2D eigenvalue weighted by Crippen LogP contribution is 2.48. The van der Waals surface area contributed by atoms with Crippen LogP contribution in [0.15, 0.2) is 12.1 Å². The number of ether oxygens (including phenoxy) is 2. The van der Waals surface area contributed by atoms with Crippen LogP contribution in [0.1, 0.15) is 53.6 Å². The lowest BCUT2D eigenvalue weighted by Crippen LogP contribution is -2.46. The molecule has 2 aliphatic rings. The van der Waals surface area contributed by atoms with Crippen molar-refractivity contribution in [1.82, 2.24) is 9.88 Å². The summed E-state index contributed by atoms with van der Waals surface area (Å²) >= 11 is 1.42. The van der Waals surface area contributed by atoms with Crippen molar-refractivity contribution in [3.05, 3.63) is 33.3 Å². The van der Waals surface area contributed by atoms with Crippen LogP contribution in [0.4, 0.5) is 4.79 Å². The van der Waals surface area contributed by atoms with Crippen LogP contribution in [0, 0.1) is 6.92 Å². The lowest BCUT2D eigenvalue weighted by Gasteiger charge is -2.28. The first-order chi connectivity index (χ1) is 13.2. The molecule has 1 aliphatic carbocycles. The van der Waals surface area contributed by atoms with Gasteiger partial charge in [-0.25, -0.2) is 9.69 Å². The molecule has 0 bridgehead atoms. The molecule has 148 valence electrons. The van der Waals surface area contributed by atoms with E-state index in [-0.39, 0.29) is 12.5 Å². The molecule has 0 aromatic carbocycles. The second kappa shape index (κ2) is 6.58. The molecular formula is C21H24N2O4S. The van der Waals surface area contributed by atoms with Crippen LogP contribution in [-0.4, -0.2) is 40.1 Å². The van der Waals surface area contributed by atoms with Crippen molar-refractivity contribution in [2.24, 2.45) is 0 Å². The van der Waals surface area contributed by atoms with E-state index in [1.807, 2.05) is 13.0 Å². The zero-order valence-electron chi connectivity index (χ0n) is 16.8. The van der Waals surface area contributed by atoms with Crippen molar-refractivity contribution in [3.63, 3.8) is 0 Å². The van der Waals surface area contributed by atoms with E-state index in [0.29, 0.717) is 10.6 Å². The fourth-order valence-corrected chi connectivity index (χ4v) is 4.80. The van der Waals surface area contributed by atoms with Gasteiger partial charge >= 0.3 is 6.09 Å². The number of hydrogen-bond acceptors (Lipinski definition) is 6. The minimum atomic E-state index is -0.676. The first-order valence-electron chi connectivity index (χ1n) is 9.47. The largest absolute Gasteiger partial charge is 0.489 e. The van der Waals surface area contributed by atoms with Gasteiger partial charge in [0, 0.05) is 27.4 Å². The molecule has 2 amide bonds. The predicted octanol–water partition coefficient (Wildman–Crippen LogP) is 4.38. The summed E-state index contributed by atoms with van der Waals surface area (Å²) < 4.78 is 11.5. The Balaban J connectivity index is 1.78. The predicted molar refractivity (Wildman–Crippen MR) is 107 cm³/mol. The number of fused-ring (bicyclic) bond motifs is 5. The molecule has 1 aliphatic heterocycles. The van der Waals surface area contributed by atoms with Gasteiger partial charge in [0.1, 0.15) is 17.1 Å². The van der Waals surface area contributed by atoms with Crippen molar-refractivity contribution < 1.29 is 19.1 Å². The van der Waals surface area contributed by atoms with E-state index in [4.69, 9.17) is 9.47 Å². The Bertz CT molecular complexity index is 974. The Hall–Kier alpha value is -2.41. The SMILES string of the molecule is Cc1ccc2c(n1)CCc1sc3c(c1-2)OC[C@@H](C)N(C(=O)OC(C)(C)C)C3=O. The highest BCUT2D eigenvalue weighted by atomic mass is 32.1. The maximum atomic E-state index is 13.3. The van der Waals surface area contributed by atoms with Gasteiger partial charge in [0.2, 0.25) is 0 Å². The Labute approximate surface area is 168 Å². The average molecular weight is 401 g/mol. The van der Waals surface area contributed by atoms with Crippen molar-refractivity contribution in [2.75, 3.05) is 6.61 Å². The topological polar surface area (TPSA) is 68.7 Å². The third-order valence-corrected chi connectivity index (χ3v) is 6.04. The van der Waals surface area contributed by atoms with Gasteiger partial charge in [-0.1, -0.05) is 6.07 Å². The molecule has 3 heterocycles. The molecule has 0 saturated heterocycles. The van der Waals surface area contributed by atoms with Crippen LogP contribution in [0.5, 0.6) is 5.75 Å². The van der Waals surface area contributed by atoms with Crippen LogP contribution < -0.4 is 4.74 Å². The molecule has 2 aromatic rings.